The van der Waals surface area contributed by atoms with E-state index in [2.05, 4.69) is 146 Å². The summed E-state index contributed by atoms with van der Waals surface area (Å²) in [5.41, 5.74) is 14.6. The fraction of sp³-hybridized carbons (Fsp3) is 0. The van der Waals surface area contributed by atoms with Gasteiger partial charge in [-0.3, -0.25) is 0 Å². The van der Waals surface area contributed by atoms with Gasteiger partial charge in [-0.2, -0.15) is 0 Å². The fourth-order valence-corrected chi connectivity index (χ4v) is 8.08. The van der Waals surface area contributed by atoms with Gasteiger partial charge in [-0.1, -0.05) is 170 Å². The predicted octanol–water partition coefficient (Wildman–Crippen LogP) is 14.3. The van der Waals surface area contributed by atoms with E-state index >= 15 is 0 Å². The van der Waals surface area contributed by atoms with Gasteiger partial charge < -0.3 is 8.83 Å². The first kappa shape index (κ1) is 31.9. The summed E-state index contributed by atoms with van der Waals surface area (Å²) in [6.45, 7) is 0. The summed E-state index contributed by atoms with van der Waals surface area (Å²) in [7, 11) is 0. The summed E-state index contributed by atoms with van der Waals surface area (Å²) < 4.78 is 13.2. The van der Waals surface area contributed by atoms with Crippen molar-refractivity contribution in [3.05, 3.63) is 194 Å². The molecular formula is C52H32N2O2. The highest BCUT2D eigenvalue weighted by Crippen LogP contribution is 2.45. The lowest BCUT2D eigenvalue weighted by atomic mass is 9.93. The molecule has 0 amide bonds. The van der Waals surface area contributed by atoms with Crippen LogP contribution >= 0.6 is 0 Å². The Bertz CT molecular complexity index is 3230. The molecule has 8 aromatic carbocycles. The van der Waals surface area contributed by atoms with Gasteiger partial charge in [0.2, 0.25) is 0 Å². The maximum Gasteiger partial charge on any atom is 0.161 e. The van der Waals surface area contributed by atoms with Gasteiger partial charge in [-0.25, -0.2) is 9.97 Å². The monoisotopic (exact) mass is 716 g/mol. The van der Waals surface area contributed by atoms with E-state index in [0.717, 1.165) is 105 Å². The maximum atomic E-state index is 6.71. The molecule has 0 atom stereocenters. The average molecular weight is 717 g/mol. The number of aromatic nitrogens is 2. The van der Waals surface area contributed by atoms with Crippen LogP contribution in [0.3, 0.4) is 0 Å². The Morgan fingerprint density at radius 3 is 1.54 bits per heavy atom. The lowest BCUT2D eigenvalue weighted by Gasteiger charge is -2.13. The summed E-state index contributed by atoms with van der Waals surface area (Å²) in [5.74, 6) is 0.687. The van der Waals surface area contributed by atoms with Crippen molar-refractivity contribution >= 4 is 43.9 Å². The number of rotatable bonds is 6. The molecule has 3 heterocycles. The van der Waals surface area contributed by atoms with Crippen LogP contribution in [0, 0.1) is 0 Å². The van der Waals surface area contributed by atoms with Crippen molar-refractivity contribution in [2.24, 2.45) is 0 Å². The molecule has 0 N–H and O–H groups in total. The van der Waals surface area contributed by atoms with Gasteiger partial charge in [0.1, 0.15) is 22.3 Å². The second-order valence-corrected chi connectivity index (χ2v) is 14.1. The minimum absolute atomic E-state index is 0.687. The van der Waals surface area contributed by atoms with Crippen LogP contribution in [0.4, 0.5) is 0 Å². The van der Waals surface area contributed by atoms with E-state index in [1.165, 1.54) is 0 Å². The van der Waals surface area contributed by atoms with Crippen LogP contribution in [-0.2, 0) is 0 Å². The summed E-state index contributed by atoms with van der Waals surface area (Å²) in [6.07, 6.45) is 0. The molecule has 0 aliphatic carbocycles. The highest BCUT2D eigenvalue weighted by Gasteiger charge is 2.21. The molecule has 0 aliphatic heterocycles. The minimum atomic E-state index is 0.687. The zero-order chi connectivity index (χ0) is 37.0. The van der Waals surface area contributed by atoms with Crippen molar-refractivity contribution in [2.75, 3.05) is 0 Å². The Hall–Kier alpha value is -7.56. The Morgan fingerprint density at radius 2 is 0.786 bits per heavy atom. The topological polar surface area (TPSA) is 52.1 Å². The molecule has 0 aliphatic rings. The van der Waals surface area contributed by atoms with E-state index in [9.17, 15) is 0 Å². The summed E-state index contributed by atoms with van der Waals surface area (Å²) >= 11 is 0. The van der Waals surface area contributed by atoms with Crippen molar-refractivity contribution in [1.82, 2.24) is 9.97 Å². The Labute approximate surface area is 323 Å². The fourth-order valence-electron chi connectivity index (χ4n) is 8.08. The number of hydrogen-bond acceptors (Lipinski definition) is 4. The molecule has 11 rings (SSSR count). The number of para-hydroxylation sites is 3. The molecule has 0 radical (unpaired) electrons. The second kappa shape index (κ2) is 13.1. The summed E-state index contributed by atoms with van der Waals surface area (Å²) in [5, 5.41) is 4.35. The average Bonchev–Trinajstić information content (AvgIpc) is 3.86. The third kappa shape index (κ3) is 5.31. The highest BCUT2D eigenvalue weighted by molar-refractivity contribution is 6.18. The molecule has 0 unspecified atom stereocenters. The summed E-state index contributed by atoms with van der Waals surface area (Å²) in [6, 6.07) is 67.1. The van der Waals surface area contributed by atoms with Crippen LogP contribution in [-0.4, -0.2) is 9.97 Å². The molecule has 0 spiro atoms. The Morgan fingerprint density at radius 1 is 0.304 bits per heavy atom. The van der Waals surface area contributed by atoms with E-state index < -0.39 is 0 Å². The molecule has 11 aromatic rings. The largest absolute Gasteiger partial charge is 0.455 e. The zero-order valence-electron chi connectivity index (χ0n) is 30.2. The Kier molecular flexibility index (Phi) is 7.46. The first-order valence-corrected chi connectivity index (χ1v) is 18.8. The van der Waals surface area contributed by atoms with Crippen molar-refractivity contribution < 1.29 is 8.83 Å². The van der Waals surface area contributed by atoms with E-state index in [1.807, 2.05) is 48.5 Å². The third-order valence-corrected chi connectivity index (χ3v) is 10.8. The molecule has 4 heteroatoms. The zero-order valence-corrected chi connectivity index (χ0v) is 30.2. The SMILES string of the molecule is c1ccc(-c2cc(-c3ccc(-c4ccc(-c5cccc6c5oc5ccccc56)c5oc6ccccc6c45)cc3)nc(-c3ccccc3-c3ccccc3)n2)cc1. The number of fused-ring (bicyclic) bond motifs is 6. The first-order chi connectivity index (χ1) is 27.8. The minimum Gasteiger partial charge on any atom is -0.455 e. The molecule has 4 nitrogen and oxygen atoms in total. The molecule has 0 bridgehead atoms. The highest BCUT2D eigenvalue weighted by atomic mass is 16.3. The molecule has 0 fully saturated rings. The standard InChI is InChI=1S/C52H32N2O2/c1-3-14-33(15-4-1)37-18-7-8-20-43(37)52-53-45(35-16-5-2-6-17-35)32-46(54-52)36-28-26-34(27-29-36)38-30-31-42(51-49(38)44-21-10-12-25-48(44)56-51)41-23-13-22-40-39-19-9-11-24-47(39)55-50(40)41/h1-32H. The Balaban J connectivity index is 1.05. The lowest BCUT2D eigenvalue weighted by molar-refractivity contribution is 0.665. The van der Waals surface area contributed by atoms with Crippen molar-refractivity contribution in [3.8, 4) is 67.3 Å². The molecule has 56 heavy (non-hydrogen) atoms. The van der Waals surface area contributed by atoms with Crippen LogP contribution in [0.15, 0.2) is 203 Å². The van der Waals surface area contributed by atoms with Gasteiger partial charge in [-0.15, -0.1) is 0 Å². The first-order valence-electron chi connectivity index (χ1n) is 18.8. The predicted molar refractivity (Wildman–Crippen MR) is 229 cm³/mol. The van der Waals surface area contributed by atoms with Gasteiger partial charge in [0, 0.05) is 49.4 Å². The van der Waals surface area contributed by atoms with Gasteiger partial charge in [0.05, 0.1) is 11.4 Å². The van der Waals surface area contributed by atoms with Crippen LogP contribution in [0.1, 0.15) is 0 Å². The van der Waals surface area contributed by atoms with Gasteiger partial charge in [-0.05, 0) is 46.5 Å². The molecular weight excluding hydrogens is 685 g/mol. The van der Waals surface area contributed by atoms with E-state index in [0.29, 0.717) is 5.82 Å². The maximum absolute atomic E-state index is 6.71. The van der Waals surface area contributed by atoms with Crippen molar-refractivity contribution in [3.63, 3.8) is 0 Å². The lowest BCUT2D eigenvalue weighted by Crippen LogP contribution is -1.97. The van der Waals surface area contributed by atoms with Gasteiger partial charge >= 0.3 is 0 Å². The van der Waals surface area contributed by atoms with Crippen molar-refractivity contribution in [1.29, 1.82) is 0 Å². The van der Waals surface area contributed by atoms with Gasteiger partial charge in [0.25, 0.3) is 0 Å². The van der Waals surface area contributed by atoms with Crippen LogP contribution in [0.5, 0.6) is 0 Å². The number of benzene rings is 8. The van der Waals surface area contributed by atoms with Crippen LogP contribution in [0.2, 0.25) is 0 Å². The van der Waals surface area contributed by atoms with E-state index in [-0.39, 0.29) is 0 Å². The third-order valence-electron chi connectivity index (χ3n) is 10.8. The molecule has 3 aromatic heterocycles. The summed E-state index contributed by atoms with van der Waals surface area (Å²) in [4.78, 5) is 10.4. The van der Waals surface area contributed by atoms with Crippen LogP contribution < -0.4 is 0 Å². The number of furan rings is 2. The van der Waals surface area contributed by atoms with Crippen molar-refractivity contribution in [2.45, 2.75) is 0 Å². The second-order valence-electron chi connectivity index (χ2n) is 14.1. The van der Waals surface area contributed by atoms with Crippen LogP contribution in [0.25, 0.3) is 111 Å². The molecule has 0 saturated heterocycles. The molecule has 0 saturated carbocycles. The normalized spacial score (nSPS) is 11.6. The number of nitrogens with zero attached hydrogens (tertiary/aromatic N) is 2. The van der Waals surface area contributed by atoms with E-state index in [1.54, 1.807) is 0 Å². The number of hydrogen-bond donors (Lipinski definition) is 0. The van der Waals surface area contributed by atoms with Gasteiger partial charge in [0.15, 0.2) is 5.82 Å². The smallest absolute Gasteiger partial charge is 0.161 e. The molecule has 262 valence electrons. The quantitative estimate of drug-likeness (QED) is 0.172. The van der Waals surface area contributed by atoms with E-state index in [4.69, 9.17) is 18.8 Å².